The van der Waals surface area contributed by atoms with E-state index in [9.17, 15) is 9.90 Å². The Kier molecular flexibility index (Phi) is 3.74. The van der Waals surface area contributed by atoms with Gasteiger partial charge in [0.15, 0.2) is 0 Å². The number of rotatable bonds is 3. The van der Waals surface area contributed by atoms with Crippen molar-refractivity contribution in [3.05, 3.63) is 48.9 Å². The quantitative estimate of drug-likeness (QED) is 0.776. The SMILES string of the molecule is O=C(Nc1ccc(-c2cn3cccnc3n2)cc1)C1CCCC1O. The number of hydrogen-bond acceptors (Lipinski definition) is 4. The number of aliphatic hydroxyl groups is 1. The highest BCUT2D eigenvalue weighted by molar-refractivity contribution is 5.93. The van der Waals surface area contributed by atoms with Gasteiger partial charge in [-0.25, -0.2) is 9.97 Å². The number of hydrogen-bond donors (Lipinski definition) is 2. The summed E-state index contributed by atoms with van der Waals surface area (Å²) in [4.78, 5) is 20.9. The van der Waals surface area contributed by atoms with Gasteiger partial charge in [-0.3, -0.25) is 9.20 Å². The summed E-state index contributed by atoms with van der Waals surface area (Å²) in [5.74, 6) is 0.249. The fraction of sp³-hybridized carbons (Fsp3) is 0.278. The van der Waals surface area contributed by atoms with E-state index in [1.165, 1.54) is 0 Å². The second-order valence-corrected chi connectivity index (χ2v) is 6.12. The average Bonchev–Trinajstić information content (AvgIpc) is 3.21. The van der Waals surface area contributed by atoms with Gasteiger partial charge in [-0.2, -0.15) is 0 Å². The van der Waals surface area contributed by atoms with Crippen LogP contribution in [-0.4, -0.2) is 31.5 Å². The van der Waals surface area contributed by atoms with E-state index in [4.69, 9.17) is 0 Å². The van der Waals surface area contributed by atoms with Gasteiger partial charge in [0.1, 0.15) is 0 Å². The molecule has 2 aromatic heterocycles. The predicted molar refractivity (Wildman–Crippen MR) is 90.4 cm³/mol. The number of fused-ring (bicyclic) bond motifs is 1. The van der Waals surface area contributed by atoms with Crippen LogP contribution in [0.2, 0.25) is 0 Å². The largest absolute Gasteiger partial charge is 0.392 e. The number of amides is 1. The van der Waals surface area contributed by atoms with Crippen LogP contribution in [0.5, 0.6) is 0 Å². The van der Waals surface area contributed by atoms with E-state index in [0.29, 0.717) is 12.2 Å². The van der Waals surface area contributed by atoms with Gasteiger partial charge >= 0.3 is 0 Å². The van der Waals surface area contributed by atoms with Crippen LogP contribution in [0.4, 0.5) is 5.69 Å². The fourth-order valence-corrected chi connectivity index (χ4v) is 3.17. The molecule has 0 bridgehead atoms. The molecular formula is C18H18N4O2. The Hall–Kier alpha value is -2.73. The van der Waals surface area contributed by atoms with Crippen LogP contribution >= 0.6 is 0 Å². The molecule has 0 spiro atoms. The molecule has 1 aliphatic rings. The first-order valence-corrected chi connectivity index (χ1v) is 8.10. The summed E-state index contributed by atoms with van der Waals surface area (Å²) in [5, 5.41) is 12.7. The van der Waals surface area contributed by atoms with Crippen LogP contribution in [-0.2, 0) is 4.79 Å². The highest BCUT2D eigenvalue weighted by Crippen LogP contribution is 2.27. The second-order valence-electron chi connectivity index (χ2n) is 6.12. The number of nitrogens with one attached hydrogen (secondary N) is 1. The van der Waals surface area contributed by atoms with Crippen molar-refractivity contribution in [2.75, 3.05) is 5.32 Å². The Bertz CT molecular complexity index is 839. The van der Waals surface area contributed by atoms with E-state index in [1.807, 2.05) is 47.1 Å². The van der Waals surface area contributed by atoms with E-state index < -0.39 is 6.10 Å². The van der Waals surface area contributed by atoms with Gasteiger partial charge in [0.2, 0.25) is 11.7 Å². The molecule has 4 rings (SSSR count). The molecule has 122 valence electrons. The number of imidazole rings is 1. The average molecular weight is 322 g/mol. The zero-order valence-electron chi connectivity index (χ0n) is 13.1. The van der Waals surface area contributed by atoms with E-state index in [2.05, 4.69) is 15.3 Å². The van der Waals surface area contributed by atoms with Gasteiger partial charge < -0.3 is 10.4 Å². The van der Waals surface area contributed by atoms with Crippen LogP contribution in [0, 0.1) is 5.92 Å². The van der Waals surface area contributed by atoms with Gasteiger partial charge in [-0.1, -0.05) is 12.1 Å². The first-order chi connectivity index (χ1) is 11.7. The van der Waals surface area contributed by atoms with Gasteiger partial charge in [0.05, 0.1) is 17.7 Å². The summed E-state index contributed by atoms with van der Waals surface area (Å²) >= 11 is 0. The monoisotopic (exact) mass is 322 g/mol. The third kappa shape index (κ3) is 2.76. The van der Waals surface area contributed by atoms with Crippen molar-refractivity contribution in [2.45, 2.75) is 25.4 Å². The Morgan fingerprint density at radius 2 is 2.08 bits per heavy atom. The summed E-state index contributed by atoms with van der Waals surface area (Å²) in [6.07, 6.45) is 7.38. The molecule has 24 heavy (non-hydrogen) atoms. The lowest BCUT2D eigenvalue weighted by molar-refractivity contribution is -0.122. The molecule has 2 unspecified atom stereocenters. The molecule has 1 saturated carbocycles. The maximum Gasteiger partial charge on any atom is 0.234 e. The summed E-state index contributed by atoms with van der Waals surface area (Å²) < 4.78 is 1.87. The van der Waals surface area contributed by atoms with E-state index >= 15 is 0 Å². The van der Waals surface area contributed by atoms with Crippen molar-refractivity contribution in [1.29, 1.82) is 0 Å². The Labute approximate surface area is 139 Å². The first kappa shape index (κ1) is 14.8. The first-order valence-electron chi connectivity index (χ1n) is 8.10. The van der Waals surface area contributed by atoms with Crippen molar-refractivity contribution in [3.8, 4) is 11.3 Å². The lowest BCUT2D eigenvalue weighted by Crippen LogP contribution is -2.28. The molecule has 2 atom stereocenters. The summed E-state index contributed by atoms with van der Waals surface area (Å²) in [7, 11) is 0. The lowest BCUT2D eigenvalue weighted by atomic mass is 10.0. The van der Waals surface area contributed by atoms with Gasteiger partial charge in [-0.05, 0) is 37.5 Å². The fourth-order valence-electron chi connectivity index (χ4n) is 3.17. The normalized spacial score (nSPS) is 20.4. The minimum Gasteiger partial charge on any atom is -0.392 e. The number of benzene rings is 1. The molecule has 0 aliphatic heterocycles. The molecule has 1 fully saturated rings. The molecule has 1 aliphatic carbocycles. The predicted octanol–water partition coefficient (Wildman–Crippen LogP) is 2.50. The Morgan fingerprint density at radius 3 is 2.79 bits per heavy atom. The van der Waals surface area contributed by atoms with Crippen molar-refractivity contribution in [3.63, 3.8) is 0 Å². The van der Waals surface area contributed by atoms with Crippen molar-refractivity contribution >= 4 is 17.4 Å². The third-order valence-electron chi connectivity index (χ3n) is 4.50. The topological polar surface area (TPSA) is 79.5 Å². The number of carbonyl (C=O) groups is 1. The van der Waals surface area contributed by atoms with E-state index in [0.717, 1.165) is 29.8 Å². The highest BCUT2D eigenvalue weighted by atomic mass is 16.3. The van der Waals surface area contributed by atoms with Crippen LogP contribution in [0.25, 0.3) is 17.0 Å². The van der Waals surface area contributed by atoms with Crippen molar-refractivity contribution in [2.24, 2.45) is 5.92 Å². The van der Waals surface area contributed by atoms with Gasteiger partial charge in [-0.15, -0.1) is 0 Å². The highest BCUT2D eigenvalue weighted by Gasteiger charge is 2.31. The number of anilines is 1. The summed E-state index contributed by atoms with van der Waals surface area (Å²) in [5.41, 5.74) is 2.52. The molecule has 6 nitrogen and oxygen atoms in total. The lowest BCUT2D eigenvalue weighted by Gasteiger charge is -2.14. The molecule has 6 heteroatoms. The molecule has 1 amide bonds. The van der Waals surface area contributed by atoms with Crippen molar-refractivity contribution < 1.29 is 9.90 Å². The van der Waals surface area contributed by atoms with Crippen LogP contribution < -0.4 is 5.32 Å². The Morgan fingerprint density at radius 1 is 1.25 bits per heavy atom. The van der Waals surface area contributed by atoms with Gasteiger partial charge in [0.25, 0.3) is 0 Å². The number of aliphatic hydroxyl groups excluding tert-OH is 1. The van der Waals surface area contributed by atoms with Crippen LogP contribution in [0.3, 0.4) is 0 Å². The maximum absolute atomic E-state index is 12.2. The molecule has 0 radical (unpaired) electrons. The third-order valence-corrected chi connectivity index (χ3v) is 4.50. The molecule has 1 aromatic carbocycles. The second kappa shape index (κ2) is 6.05. The van der Waals surface area contributed by atoms with E-state index in [-0.39, 0.29) is 11.8 Å². The molecule has 2 N–H and O–H groups in total. The molecule has 0 saturated heterocycles. The number of carbonyl (C=O) groups excluding carboxylic acids is 1. The standard InChI is InChI=1S/C18H18N4O2/c23-16-4-1-3-14(16)17(24)20-13-7-5-12(6-8-13)15-11-22-10-2-9-19-18(22)21-15/h2,5-11,14,16,23H,1,3-4H2,(H,20,24). The molecule has 2 heterocycles. The minimum absolute atomic E-state index is 0.107. The molecule has 3 aromatic rings. The Balaban J connectivity index is 1.51. The molecular weight excluding hydrogens is 304 g/mol. The zero-order valence-corrected chi connectivity index (χ0v) is 13.1. The minimum atomic E-state index is -0.519. The van der Waals surface area contributed by atoms with Crippen LogP contribution in [0.1, 0.15) is 19.3 Å². The van der Waals surface area contributed by atoms with Crippen molar-refractivity contribution in [1.82, 2.24) is 14.4 Å². The number of aromatic nitrogens is 3. The van der Waals surface area contributed by atoms with Gasteiger partial charge in [0, 0.05) is 29.8 Å². The zero-order chi connectivity index (χ0) is 16.5. The van der Waals surface area contributed by atoms with E-state index in [1.54, 1.807) is 6.20 Å². The summed E-state index contributed by atoms with van der Waals surface area (Å²) in [6.45, 7) is 0. The smallest absolute Gasteiger partial charge is 0.234 e. The summed E-state index contributed by atoms with van der Waals surface area (Å²) in [6, 6.07) is 9.40. The van der Waals surface area contributed by atoms with Crippen LogP contribution in [0.15, 0.2) is 48.9 Å². The number of nitrogens with zero attached hydrogens (tertiary/aromatic N) is 3. The maximum atomic E-state index is 12.2.